The first-order valence-electron chi connectivity index (χ1n) is 7.51. The predicted molar refractivity (Wildman–Crippen MR) is 81.6 cm³/mol. The number of esters is 1. The van der Waals surface area contributed by atoms with Crippen molar-refractivity contribution >= 4 is 21.9 Å². The molecule has 1 saturated carbocycles. The maximum absolute atomic E-state index is 12.1. The van der Waals surface area contributed by atoms with E-state index in [0.717, 1.165) is 6.26 Å². The molecule has 1 rings (SSSR count). The summed E-state index contributed by atoms with van der Waals surface area (Å²) in [4.78, 5) is 23.6. The summed E-state index contributed by atoms with van der Waals surface area (Å²) in [6.45, 7) is 3.85. The van der Waals surface area contributed by atoms with Crippen molar-refractivity contribution in [3.8, 4) is 0 Å². The zero-order chi connectivity index (χ0) is 16.8. The monoisotopic (exact) mass is 332 g/mol. The van der Waals surface area contributed by atoms with Gasteiger partial charge < -0.3 is 4.74 Å². The Morgan fingerprint density at radius 3 is 2.55 bits per heavy atom. The molecule has 1 aliphatic carbocycles. The summed E-state index contributed by atoms with van der Waals surface area (Å²) in [5.41, 5.74) is 0.469. The molecule has 0 N–H and O–H groups in total. The smallest absolute Gasteiger partial charge is 0.333 e. The molecule has 0 heterocycles. The van der Waals surface area contributed by atoms with Gasteiger partial charge in [-0.2, -0.15) is 8.42 Å². The van der Waals surface area contributed by atoms with E-state index in [-0.39, 0.29) is 30.8 Å². The van der Waals surface area contributed by atoms with Crippen LogP contribution >= 0.6 is 0 Å². The molecule has 1 aliphatic rings. The highest BCUT2D eigenvalue weighted by molar-refractivity contribution is 7.85. The number of Topliss-reactive ketones (excluding diaryl/α,β-unsaturated/α-hetero) is 1. The van der Waals surface area contributed by atoms with Crippen LogP contribution in [0.1, 0.15) is 39.5 Å². The fourth-order valence-corrected chi connectivity index (χ4v) is 2.84. The lowest BCUT2D eigenvalue weighted by molar-refractivity contribution is -0.139. The van der Waals surface area contributed by atoms with Gasteiger partial charge in [-0.15, -0.1) is 0 Å². The Labute approximate surface area is 132 Å². The Bertz CT molecular complexity index is 534. The van der Waals surface area contributed by atoms with E-state index in [4.69, 9.17) is 8.92 Å². The Hall–Kier alpha value is -1.21. The van der Waals surface area contributed by atoms with Gasteiger partial charge in [0.25, 0.3) is 10.1 Å². The maximum atomic E-state index is 12.1. The standard InChI is InChI=1S/C15H24O6S/c1-4-11(10-21-22(3,18)19)8-14(15(17)20-5-2)12-6-7-13(16)9-12/h8,11-12H,4-7,9-10H2,1-3H3/b14-8+/t11-,12-/m0/s1. The molecule has 0 aromatic rings. The van der Waals surface area contributed by atoms with Crippen LogP contribution in [0.3, 0.4) is 0 Å². The molecule has 0 aromatic heterocycles. The fraction of sp³-hybridized carbons (Fsp3) is 0.733. The molecule has 0 unspecified atom stereocenters. The Morgan fingerprint density at radius 2 is 2.09 bits per heavy atom. The van der Waals surface area contributed by atoms with E-state index in [1.165, 1.54) is 0 Å². The van der Waals surface area contributed by atoms with E-state index in [2.05, 4.69) is 0 Å². The van der Waals surface area contributed by atoms with Gasteiger partial charge in [0.1, 0.15) is 5.78 Å². The van der Waals surface area contributed by atoms with Crippen molar-refractivity contribution in [3.05, 3.63) is 11.6 Å². The summed E-state index contributed by atoms with van der Waals surface area (Å²) in [5, 5.41) is 0. The summed E-state index contributed by atoms with van der Waals surface area (Å²) in [6.07, 6.45) is 4.77. The normalized spacial score (nSPS) is 21.0. The molecule has 0 bridgehead atoms. The van der Waals surface area contributed by atoms with Crippen molar-refractivity contribution in [3.63, 3.8) is 0 Å². The maximum Gasteiger partial charge on any atom is 0.333 e. The van der Waals surface area contributed by atoms with Crippen LogP contribution in [0, 0.1) is 11.8 Å². The highest BCUT2D eigenvalue weighted by atomic mass is 32.2. The van der Waals surface area contributed by atoms with Crippen molar-refractivity contribution in [1.82, 2.24) is 0 Å². The highest BCUT2D eigenvalue weighted by Gasteiger charge is 2.30. The average molecular weight is 332 g/mol. The molecule has 126 valence electrons. The van der Waals surface area contributed by atoms with E-state index < -0.39 is 16.1 Å². The number of rotatable bonds is 8. The molecule has 7 heteroatoms. The number of hydrogen-bond acceptors (Lipinski definition) is 6. The first-order valence-corrected chi connectivity index (χ1v) is 9.33. The van der Waals surface area contributed by atoms with Crippen molar-refractivity contribution < 1.29 is 26.9 Å². The minimum absolute atomic E-state index is 0.0150. The lowest BCUT2D eigenvalue weighted by Crippen LogP contribution is -2.18. The number of ketones is 1. The fourth-order valence-electron chi connectivity index (χ4n) is 2.41. The van der Waals surface area contributed by atoms with Crippen molar-refractivity contribution in [1.29, 1.82) is 0 Å². The van der Waals surface area contributed by atoms with Crippen LogP contribution in [0.15, 0.2) is 11.6 Å². The van der Waals surface area contributed by atoms with E-state index in [1.807, 2.05) is 6.92 Å². The van der Waals surface area contributed by atoms with Gasteiger partial charge in [-0.1, -0.05) is 13.0 Å². The molecule has 22 heavy (non-hydrogen) atoms. The third-order valence-electron chi connectivity index (χ3n) is 3.63. The second-order valence-corrected chi connectivity index (χ2v) is 7.12. The summed E-state index contributed by atoms with van der Waals surface area (Å²) in [7, 11) is -3.52. The molecule has 1 fully saturated rings. The molecule has 0 aliphatic heterocycles. The number of ether oxygens (including phenoxy) is 1. The third kappa shape index (κ3) is 6.27. The van der Waals surface area contributed by atoms with Crippen LogP contribution < -0.4 is 0 Å². The van der Waals surface area contributed by atoms with Crippen LogP contribution in [0.25, 0.3) is 0 Å². The molecule has 0 amide bonds. The zero-order valence-electron chi connectivity index (χ0n) is 13.3. The summed E-state index contributed by atoms with van der Waals surface area (Å²) < 4.78 is 32.1. The van der Waals surface area contributed by atoms with Gasteiger partial charge in [0.05, 0.1) is 19.5 Å². The van der Waals surface area contributed by atoms with Crippen LogP contribution in [-0.4, -0.2) is 39.6 Å². The molecule has 0 radical (unpaired) electrons. The second kappa shape index (κ2) is 8.43. The summed E-state index contributed by atoms with van der Waals surface area (Å²) >= 11 is 0. The van der Waals surface area contributed by atoms with Gasteiger partial charge in [-0.05, 0) is 25.7 Å². The van der Waals surface area contributed by atoms with E-state index in [0.29, 0.717) is 31.3 Å². The van der Waals surface area contributed by atoms with Crippen LogP contribution in [0.2, 0.25) is 0 Å². The SMILES string of the molecule is CCOC(=O)/C(=C/[C@H](CC)COS(C)(=O)=O)[C@H]1CCC(=O)C1. The van der Waals surface area contributed by atoms with Crippen LogP contribution in [0.4, 0.5) is 0 Å². The number of carbonyl (C=O) groups excluding carboxylic acids is 2. The minimum Gasteiger partial charge on any atom is -0.463 e. The first kappa shape index (κ1) is 18.8. The van der Waals surface area contributed by atoms with Crippen LogP contribution in [0.5, 0.6) is 0 Å². The lowest BCUT2D eigenvalue weighted by atomic mass is 9.92. The predicted octanol–water partition coefficient (Wildman–Crippen LogP) is 1.85. The Kier molecular flexibility index (Phi) is 7.22. The van der Waals surface area contributed by atoms with E-state index in [1.54, 1.807) is 13.0 Å². The van der Waals surface area contributed by atoms with Crippen LogP contribution in [-0.2, 0) is 28.6 Å². The molecule has 0 spiro atoms. The third-order valence-corrected chi connectivity index (χ3v) is 4.20. The van der Waals surface area contributed by atoms with Gasteiger partial charge in [0, 0.05) is 24.3 Å². The molecular formula is C15H24O6S. The Morgan fingerprint density at radius 1 is 1.41 bits per heavy atom. The summed E-state index contributed by atoms with van der Waals surface area (Å²) in [6, 6.07) is 0. The molecule has 2 atom stereocenters. The molecule has 6 nitrogen and oxygen atoms in total. The minimum atomic E-state index is -3.52. The second-order valence-electron chi connectivity index (χ2n) is 5.48. The quantitative estimate of drug-likeness (QED) is 0.383. The molecular weight excluding hydrogens is 308 g/mol. The zero-order valence-corrected chi connectivity index (χ0v) is 14.1. The highest BCUT2D eigenvalue weighted by Crippen LogP contribution is 2.31. The topological polar surface area (TPSA) is 86.7 Å². The molecule has 0 aromatic carbocycles. The van der Waals surface area contributed by atoms with E-state index >= 15 is 0 Å². The van der Waals surface area contributed by atoms with Gasteiger partial charge >= 0.3 is 5.97 Å². The first-order chi connectivity index (χ1) is 10.3. The van der Waals surface area contributed by atoms with Gasteiger partial charge in [-0.3, -0.25) is 8.98 Å². The molecule has 0 saturated heterocycles. The van der Waals surface area contributed by atoms with Crippen molar-refractivity contribution in [2.75, 3.05) is 19.5 Å². The average Bonchev–Trinajstić information content (AvgIpc) is 2.84. The van der Waals surface area contributed by atoms with E-state index in [9.17, 15) is 18.0 Å². The van der Waals surface area contributed by atoms with Crippen molar-refractivity contribution in [2.24, 2.45) is 11.8 Å². The van der Waals surface area contributed by atoms with Gasteiger partial charge in [0.15, 0.2) is 0 Å². The van der Waals surface area contributed by atoms with Gasteiger partial charge in [-0.25, -0.2) is 4.79 Å². The van der Waals surface area contributed by atoms with Crippen molar-refractivity contribution in [2.45, 2.75) is 39.5 Å². The lowest BCUT2D eigenvalue weighted by Gasteiger charge is -2.17. The summed E-state index contributed by atoms with van der Waals surface area (Å²) in [5.74, 6) is -0.649. The number of hydrogen-bond donors (Lipinski definition) is 0. The van der Waals surface area contributed by atoms with Gasteiger partial charge in [0.2, 0.25) is 0 Å². The Balaban J connectivity index is 2.91. The largest absolute Gasteiger partial charge is 0.463 e. The number of carbonyl (C=O) groups is 2.